The maximum absolute atomic E-state index is 13.0. The lowest BCUT2D eigenvalue weighted by Gasteiger charge is -2.26. The predicted octanol–water partition coefficient (Wildman–Crippen LogP) is 2.88. The quantitative estimate of drug-likeness (QED) is 0.889. The Balaban J connectivity index is 2.23. The largest absolute Gasteiger partial charge is 0.497 e. The molecule has 6 heteroatoms. The molecule has 1 aromatic rings. The van der Waals surface area contributed by atoms with Gasteiger partial charge in [-0.05, 0) is 37.6 Å². The van der Waals surface area contributed by atoms with E-state index in [4.69, 9.17) is 4.74 Å². The fraction of sp³-hybridized carbons (Fsp3) is 0.538. The third-order valence-electron chi connectivity index (χ3n) is 3.19. The van der Waals surface area contributed by atoms with Gasteiger partial charge < -0.3 is 15.4 Å². The van der Waals surface area contributed by atoms with Gasteiger partial charge in [-0.1, -0.05) is 0 Å². The van der Waals surface area contributed by atoms with Crippen molar-refractivity contribution in [1.82, 2.24) is 5.32 Å². The fourth-order valence-electron chi connectivity index (χ4n) is 2.21. The van der Waals surface area contributed by atoms with Crippen LogP contribution in [0.3, 0.4) is 0 Å². The Labute approximate surface area is 110 Å². The summed E-state index contributed by atoms with van der Waals surface area (Å²) in [5, 5.41) is 6.14. The van der Waals surface area contributed by atoms with Crippen molar-refractivity contribution in [3.05, 3.63) is 23.8 Å². The van der Waals surface area contributed by atoms with Gasteiger partial charge >= 0.3 is 6.18 Å². The molecule has 3 nitrogen and oxygen atoms in total. The van der Waals surface area contributed by atoms with Gasteiger partial charge in [0.1, 0.15) is 5.75 Å². The second kappa shape index (κ2) is 5.69. The van der Waals surface area contributed by atoms with Gasteiger partial charge in [0.2, 0.25) is 0 Å². The van der Waals surface area contributed by atoms with E-state index in [1.165, 1.54) is 19.2 Å². The molecule has 0 amide bonds. The maximum Gasteiger partial charge on any atom is 0.418 e. The molecular formula is C13H17F3N2O. The minimum absolute atomic E-state index is 0.0308. The molecule has 1 aliphatic heterocycles. The Morgan fingerprint density at radius 2 is 2.16 bits per heavy atom. The first-order valence-corrected chi connectivity index (χ1v) is 6.23. The second-order valence-corrected chi connectivity index (χ2v) is 4.60. The summed E-state index contributed by atoms with van der Waals surface area (Å²) >= 11 is 0. The molecule has 2 rings (SSSR count). The highest BCUT2D eigenvalue weighted by Crippen LogP contribution is 2.37. The van der Waals surface area contributed by atoms with Crippen LogP contribution in [0.4, 0.5) is 18.9 Å². The normalized spacial score (nSPS) is 20.1. The summed E-state index contributed by atoms with van der Waals surface area (Å²) in [4.78, 5) is 0. The van der Waals surface area contributed by atoms with Gasteiger partial charge in [-0.25, -0.2) is 0 Å². The monoisotopic (exact) mass is 274 g/mol. The first-order chi connectivity index (χ1) is 9.00. The Bertz CT molecular complexity index is 428. The molecule has 19 heavy (non-hydrogen) atoms. The molecule has 0 radical (unpaired) electrons. The van der Waals surface area contributed by atoms with E-state index in [0.29, 0.717) is 6.54 Å². The van der Waals surface area contributed by atoms with Gasteiger partial charge in [0.25, 0.3) is 0 Å². The zero-order valence-electron chi connectivity index (χ0n) is 10.7. The van der Waals surface area contributed by atoms with E-state index in [2.05, 4.69) is 10.6 Å². The molecule has 1 aliphatic rings. The van der Waals surface area contributed by atoms with E-state index in [-0.39, 0.29) is 17.5 Å². The number of benzene rings is 1. The van der Waals surface area contributed by atoms with Crippen LogP contribution in [0.15, 0.2) is 18.2 Å². The summed E-state index contributed by atoms with van der Waals surface area (Å²) in [5.41, 5.74) is -0.570. The Morgan fingerprint density at radius 3 is 2.74 bits per heavy atom. The zero-order chi connectivity index (χ0) is 13.9. The highest BCUT2D eigenvalue weighted by molar-refractivity contribution is 5.56. The SMILES string of the molecule is COc1ccc(NC2CCCNC2)c(C(F)(F)F)c1. The number of hydrogen-bond donors (Lipinski definition) is 2. The van der Waals surface area contributed by atoms with Crippen molar-refractivity contribution >= 4 is 5.69 Å². The van der Waals surface area contributed by atoms with Gasteiger partial charge in [-0.2, -0.15) is 13.2 Å². The molecule has 1 atom stereocenters. The molecule has 1 saturated heterocycles. The van der Waals surface area contributed by atoms with E-state index < -0.39 is 11.7 Å². The van der Waals surface area contributed by atoms with Crippen molar-refractivity contribution in [3.63, 3.8) is 0 Å². The summed E-state index contributed by atoms with van der Waals surface area (Å²) < 4.78 is 43.9. The van der Waals surface area contributed by atoms with Crippen LogP contribution in [0, 0.1) is 0 Å². The zero-order valence-corrected chi connectivity index (χ0v) is 10.7. The third kappa shape index (κ3) is 3.53. The Morgan fingerprint density at radius 1 is 1.37 bits per heavy atom. The number of methoxy groups -OCH3 is 1. The number of piperidine rings is 1. The van der Waals surface area contributed by atoms with Crippen LogP contribution in [0.1, 0.15) is 18.4 Å². The average molecular weight is 274 g/mol. The molecule has 1 heterocycles. The third-order valence-corrected chi connectivity index (χ3v) is 3.19. The molecule has 0 bridgehead atoms. The van der Waals surface area contributed by atoms with Crippen molar-refractivity contribution in [2.24, 2.45) is 0 Å². The summed E-state index contributed by atoms with van der Waals surface area (Å²) in [7, 11) is 1.35. The summed E-state index contributed by atoms with van der Waals surface area (Å²) in [6.45, 7) is 1.61. The molecule has 1 unspecified atom stereocenters. The second-order valence-electron chi connectivity index (χ2n) is 4.60. The molecule has 1 fully saturated rings. The number of hydrogen-bond acceptors (Lipinski definition) is 3. The Hall–Kier alpha value is -1.43. The van der Waals surface area contributed by atoms with Gasteiger partial charge in [-0.3, -0.25) is 0 Å². The fourth-order valence-corrected chi connectivity index (χ4v) is 2.21. The number of nitrogens with one attached hydrogen (secondary N) is 2. The minimum Gasteiger partial charge on any atom is -0.497 e. The highest BCUT2D eigenvalue weighted by Gasteiger charge is 2.34. The van der Waals surface area contributed by atoms with Crippen LogP contribution >= 0.6 is 0 Å². The van der Waals surface area contributed by atoms with Crippen LogP contribution in [0.2, 0.25) is 0 Å². The van der Waals surface area contributed by atoms with E-state index in [0.717, 1.165) is 25.5 Å². The maximum atomic E-state index is 13.0. The van der Waals surface area contributed by atoms with Crippen LogP contribution < -0.4 is 15.4 Å². The Kier molecular flexibility index (Phi) is 4.19. The lowest BCUT2D eigenvalue weighted by molar-refractivity contribution is -0.137. The van der Waals surface area contributed by atoms with Crippen molar-refractivity contribution in [2.45, 2.75) is 25.1 Å². The molecule has 0 aliphatic carbocycles. The number of rotatable bonds is 3. The molecular weight excluding hydrogens is 257 g/mol. The van der Waals surface area contributed by atoms with Gasteiger partial charge in [0.05, 0.1) is 12.7 Å². The summed E-state index contributed by atoms with van der Waals surface area (Å²) in [6, 6.07) is 4.02. The molecule has 1 aromatic carbocycles. The molecule has 2 N–H and O–H groups in total. The van der Waals surface area contributed by atoms with E-state index in [1.807, 2.05) is 0 Å². The molecule has 0 spiro atoms. The van der Waals surface area contributed by atoms with Gasteiger partial charge in [-0.15, -0.1) is 0 Å². The topological polar surface area (TPSA) is 33.3 Å². The minimum atomic E-state index is -4.39. The van der Waals surface area contributed by atoms with Crippen molar-refractivity contribution < 1.29 is 17.9 Å². The van der Waals surface area contributed by atoms with E-state index >= 15 is 0 Å². The molecule has 106 valence electrons. The molecule has 0 saturated carbocycles. The van der Waals surface area contributed by atoms with Gasteiger partial charge in [0.15, 0.2) is 0 Å². The van der Waals surface area contributed by atoms with E-state index in [9.17, 15) is 13.2 Å². The lowest BCUT2D eigenvalue weighted by atomic mass is 10.1. The van der Waals surface area contributed by atoms with Gasteiger partial charge in [0, 0.05) is 18.3 Å². The van der Waals surface area contributed by atoms with Crippen LogP contribution in [0.5, 0.6) is 5.75 Å². The number of anilines is 1. The number of alkyl halides is 3. The van der Waals surface area contributed by atoms with Crippen molar-refractivity contribution in [2.75, 3.05) is 25.5 Å². The van der Waals surface area contributed by atoms with Crippen LogP contribution in [-0.2, 0) is 6.18 Å². The van der Waals surface area contributed by atoms with Crippen LogP contribution in [-0.4, -0.2) is 26.2 Å². The number of ether oxygens (including phenoxy) is 1. The summed E-state index contributed by atoms with van der Waals surface area (Å²) in [6.07, 6.45) is -2.55. The van der Waals surface area contributed by atoms with Crippen molar-refractivity contribution in [1.29, 1.82) is 0 Å². The smallest absolute Gasteiger partial charge is 0.418 e. The average Bonchev–Trinajstić information content (AvgIpc) is 2.39. The molecule has 0 aromatic heterocycles. The van der Waals surface area contributed by atoms with Crippen molar-refractivity contribution in [3.8, 4) is 5.75 Å². The highest BCUT2D eigenvalue weighted by atomic mass is 19.4. The first kappa shape index (κ1) is 14.0. The standard InChI is InChI=1S/C13H17F3N2O/c1-19-10-4-5-12(11(7-10)13(14,15)16)18-9-3-2-6-17-8-9/h4-5,7,9,17-18H,2-3,6,8H2,1H3. The number of halogens is 3. The lowest BCUT2D eigenvalue weighted by Crippen LogP contribution is -2.38. The van der Waals surface area contributed by atoms with E-state index in [1.54, 1.807) is 0 Å². The predicted molar refractivity (Wildman–Crippen MR) is 67.5 cm³/mol. The summed E-state index contributed by atoms with van der Waals surface area (Å²) in [5.74, 6) is 0.208. The van der Waals surface area contributed by atoms with Crippen LogP contribution in [0.25, 0.3) is 0 Å². The first-order valence-electron chi connectivity index (χ1n) is 6.23.